The molecule has 2 aliphatic heterocycles. The van der Waals surface area contributed by atoms with Gasteiger partial charge in [-0.3, -0.25) is 9.59 Å². The second-order valence-electron chi connectivity index (χ2n) is 11.3. The summed E-state index contributed by atoms with van der Waals surface area (Å²) in [5, 5.41) is 17.1. The Morgan fingerprint density at radius 2 is 1.12 bits per heavy atom. The van der Waals surface area contributed by atoms with Crippen molar-refractivity contribution in [2.24, 2.45) is 0 Å². The number of carbonyl (C=O) groups is 4. The molecule has 12 nitrogen and oxygen atoms in total. The van der Waals surface area contributed by atoms with Gasteiger partial charge in [-0.05, 0) is 68.9 Å². The molecule has 0 radical (unpaired) electrons. The van der Waals surface area contributed by atoms with Crippen LogP contribution < -0.4 is 0 Å². The average molecular weight is 705 g/mol. The van der Waals surface area contributed by atoms with Crippen LogP contribution >= 0.6 is 0 Å². The summed E-state index contributed by atoms with van der Waals surface area (Å²) in [5.41, 5.74) is 2.50. The third-order valence-corrected chi connectivity index (χ3v) is 6.97. The van der Waals surface area contributed by atoms with Gasteiger partial charge < -0.3 is 38.6 Å². The smallest absolute Gasteiger partial charge is 0.466 e. The second-order valence-corrected chi connectivity index (χ2v) is 11.3. The molecule has 2 aromatic carbocycles. The van der Waals surface area contributed by atoms with Crippen molar-refractivity contribution in [1.29, 1.82) is 0 Å². The third kappa shape index (κ3) is 27.8. The number of carbonyl (C=O) groups excluding carboxylic acids is 4. The van der Waals surface area contributed by atoms with Crippen LogP contribution in [0.5, 0.6) is 0 Å². The largest absolute Gasteiger partial charge is 0.508 e. The van der Waals surface area contributed by atoms with Crippen LogP contribution in [-0.2, 0) is 50.9 Å². The minimum absolute atomic E-state index is 0.0152. The maximum absolute atomic E-state index is 11.3. The van der Waals surface area contributed by atoms with E-state index in [1.165, 1.54) is 11.1 Å². The molecule has 2 fully saturated rings. The second kappa shape index (κ2) is 32.1. The first-order valence-electron chi connectivity index (χ1n) is 17.6. The molecule has 2 saturated heterocycles. The lowest BCUT2D eigenvalue weighted by Crippen LogP contribution is -2.16. The minimum atomic E-state index is -0.661. The molecule has 12 heteroatoms. The highest BCUT2D eigenvalue weighted by Crippen LogP contribution is 2.07. The van der Waals surface area contributed by atoms with E-state index >= 15 is 0 Å². The summed E-state index contributed by atoms with van der Waals surface area (Å²) in [6.45, 7) is 2.93. The quantitative estimate of drug-likeness (QED) is 0.111. The number of unbranched alkanes of at least 4 members (excludes halogenated alkanes) is 2. The van der Waals surface area contributed by atoms with Gasteiger partial charge in [0.25, 0.3) is 0 Å². The highest BCUT2D eigenvalue weighted by Gasteiger charge is 2.08. The van der Waals surface area contributed by atoms with Gasteiger partial charge in [-0.25, -0.2) is 9.59 Å². The zero-order chi connectivity index (χ0) is 36.3. The molecule has 0 saturated carbocycles. The van der Waals surface area contributed by atoms with E-state index in [1.807, 2.05) is 48.5 Å². The fourth-order valence-corrected chi connectivity index (χ4v) is 4.29. The number of esters is 2. The van der Waals surface area contributed by atoms with E-state index in [9.17, 15) is 19.2 Å². The number of rotatable bonds is 16. The van der Waals surface area contributed by atoms with Crippen molar-refractivity contribution in [2.75, 3.05) is 52.9 Å². The summed E-state index contributed by atoms with van der Waals surface area (Å²) in [6, 6.07) is 20.2. The maximum Gasteiger partial charge on any atom is 0.508 e. The number of cyclic esters (lactones) is 3. The molecule has 0 aliphatic carbocycles. The standard InChI is InChI=1S/C15H22O3.C13H18O4.C6H10O2.C4H6O3/c16-12-6-2-5-11-15(17)18-13-7-10-14-8-3-1-4-9-14;14-9-5-11-17-13(15)16-10-4-8-12-6-2-1-3-7-12;7-6-4-2-1-3-5-8-6;5-4-6-2-1-3-7-4/h1,3-4,8-9,16H,2,5-7,10-13H2;1-3,6-7,14H,4-5,8-11H2;1-5H2;1-3H2. The van der Waals surface area contributed by atoms with E-state index in [2.05, 4.69) is 21.6 Å². The Balaban J connectivity index is 0.000000358. The number of hydrogen-bond donors (Lipinski definition) is 2. The van der Waals surface area contributed by atoms with Crippen LogP contribution in [0.2, 0.25) is 0 Å². The first-order chi connectivity index (χ1) is 24.4. The molecule has 0 spiro atoms. The van der Waals surface area contributed by atoms with E-state index in [-0.39, 0.29) is 31.8 Å². The van der Waals surface area contributed by atoms with Crippen LogP contribution in [0.1, 0.15) is 88.2 Å². The Morgan fingerprint density at radius 3 is 1.66 bits per heavy atom. The van der Waals surface area contributed by atoms with Gasteiger partial charge in [-0.1, -0.05) is 67.1 Å². The zero-order valence-corrected chi connectivity index (χ0v) is 29.3. The summed E-state index contributed by atoms with van der Waals surface area (Å²) >= 11 is 0. The topological polar surface area (TPSA) is 164 Å². The van der Waals surface area contributed by atoms with Crippen molar-refractivity contribution in [3.05, 3.63) is 71.8 Å². The molecule has 0 atom stereocenters. The van der Waals surface area contributed by atoms with Crippen molar-refractivity contribution < 1.29 is 57.8 Å². The molecule has 0 unspecified atom stereocenters. The van der Waals surface area contributed by atoms with Crippen molar-refractivity contribution in [3.8, 4) is 0 Å². The predicted molar refractivity (Wildman–Crippen MR) is 186 cm³/mol. The van der Waals surface area contributed by atoms with Gasteiger partial charge in [0, 0.05) is 38.9 Å². The summed E-state index contributed by atoms with van der Waals surface area (Å²) in [7, 11) is 0. The molecule has 50 heavy (non-hydrogen) atoms. The van der Waals surface area contributed by atoms with E-state index in [0.717, 1.165) is 70.6 Å². The Labute approximate surface area is 296 Å². The Bertz CT molecular complexity index is 1110. The van der Waals surface area contributed by atoms with Crippen LogP contribution in [0.15, 0.2) is 60.7 Å². The van der Waals surface area contributed by atoms with Crippen molar-refractivity contribution in [2.45, 2.75) is 89.9 Å². The first kappa shape index (κ1) is 43.9. The summed E-state index contributed by atoms with van der Waals surface area (Å²) in [5.74, 6) is -0.150. The molecule has 0 amide bonds. The lowest BCUT2D eigenvalue weighted by atomic mass is 10.1. The first-order valence-corrected chi connectivity index (χ1v) is 17.6. The van der Waals surface area contributed by atoms with Crippen LogP contribution in [0.25, 0.3) is 0 Å². The van der Waals surface area contributed by atoms with E-state index in [4.69, 9.17) is 29.2 Å². The van der Waals surface area contributed by atoms with Crippen molar-refractivity contribution >= 4 is 24.2 Å². The number of aliphatic hydroxyl groups is 2. The molecule has 2 N–H and O–H groups in total. The van der Waals surface area contributed by atoms with Crippen molar-refractivity contribution in [3.63, 3.8) is 0 Å². The molecule has 0 bridgehead atoms. The van der Waals surface area contributed by atoms with Gasteiger partial charge in [0.05, 0.1) is 39.6 Å². The zero-order valence-electron chi connectivity index (χ0n) is 29.3. The van der Waals surface area contributed by atoms with Gasteiger partial charge in [0.15, 0.2) is 0 Å². The number of aryl methyl sites for hydroxylation is 2. The fraction of sp³-hybridized carbons (Fsp3) is 0.579. The predicted octanol–water partition coefficient (Wildman–Crippen LogP) is 6.52. The normalized spacial score (nSPS) is 13.4. The monoisotopic (exact) mass is 704 g/mol. The van der Waals surface area contributed by atoms with E-state index in [0.29, 0.717) is 52.3 Å². The lowest BCUT2D eigenvalue weighted by molar-refractivity contribution is -0.144. The number of benzene rings is 2. The highest BCUT2D eigenvalue weighted by molar-refractivity contribution is 5.69. The van der Waals surface area contributed by atoms with Crippen LogP contribution in [0, 0.1) is 0 Å². The molecule has 2 heterocycles. The van der Waals surface area contributed by atoms with E-state index in [1.54, 1.807) is 0 Å². The molecule has 0 aromatic heterocycles. The molecule has 4 rings (SSSR count). The van der Waals surface area contributed by atoms with Crippen LogP contribution in [-0.4, -0.2) is 87.3 Å². The van der Waals surface area contributed by atoms with Crippen LogP contribution in [0.3, 0.4) is 0 Å². The Kier molecular flexibility index (Phi) is 28.1. The highest BCUT2D eigenvalue weighted by atomic mass is 16.7. The summed E-state index contributed by atoms with van der Waals surface area (Å²) < 4.78 is 28.3. The number of ether oxygens (including phenoxy) is 6. The van der Waals surface area contributed by atoms with Gasteiger partial charge in [0.2, 0.25) is 0 Å². The van der Waals surface area contributed by atoms with Gasteiger partial charge >= 0.3 is 24.2 Å². The average Bonchev–Trinajstić information content (AvgIpc) is 3.40. The van der Waals surface area contributed by atoms with E-state index < -0.39 is 12.3 Å². The molecular formula is C38H56O12. The maximum atomic E-state index is 11.3. The third-order valence-electron chi connectivity index (χ3n) is 6.97. The molecule has 2 aliphatic rings. The van der Waals surface area contributed by atoms with Crippen molar-refractivity contribution in [1.82, 2.24) is 0 Å². The SMILES string of the molecule is O=C(CCCCCO)OCCCc1ccccc1.O=C(OCCCO)OCCCc1ccccc1.O=C1CCCCCO1.O=C1OCCCO1. The number of aliphatic hydroxyl groups excluding tert-OH is 2. The summed E-state index contributed by atoms with van der Waals surface area (Å²) in [4.78, 5) is 42.8. The Morgan fingerprint density at radius 1 is 0.580 bits per heavy atom. The molecule has 280 valence electrons. The minimum Gasteiger partial charge on any atom is -0.466 e. The number of hydrogen-bond acceptors (Lipinski definition) is 12. The molecular weight excluding hydrogens is 648 g/mol. The lowest BCUT2D eigenvalue weighted by Gasteiger charge is -2.09. The summed E-state index contributed by atoms with van der Waals surface area (Å²) in [6.07, 6.45) is 10.3. The van der Waals surface area contributed by atoms with Crippen LogP contribution in [0.4, 0.5) is 9.59 Å². The molecule has 2 aromatic rings. The van der Waals surface area contributed by atoms with Gasteiger partial charge in [-0.2, -0.15) is 0 Å². The fourth-order valence-electron chi connectivity index (χ4n) is 4.29. The Hall–Kier alpha value is -4.16. The van der Waals surface area contributed by atoms with Gasteiger partial charge in [0.1, 0.15) is 0 Å². The van der Waals surface area contributed by atoms with Gasteiger partial charge in [-0.15, -0.1) is 0 Å².